The Bertz CT molecular complexity index is 854. The Hall–Kier alpha value is -1.76. The summed E-state index contributed by atoms with van der Waals surface area (Å²) in [6.45, 7) is 3.54. The van der Waals surface area contributed by atoms with E-state index in [-0.39, 0.29) is 32.9 Å². The molecule has 0 N–H and O–H groups in total. The van der Waals surface area contributed by atoms with E-state index >= 15 is 0 Å². The van der Waals surface area contributed by atoms with E-state index in [1.165, 1.54) is 49.6 Å². The van der Waals surface area contributed by atoms with E-state index in [1.807, 2.05) is 0 Å². The van der Waals surface area contributed by atoms with Gasteiger partial charge in [0, 0.05) is 0 Å². The van der Waals surface area contributed by atoms with Crippen LogP contribution in [-0.2, 0) is 10.0 Å². The Morgan fingerprint density at radius 3 is 2.33 bits per heavy atom. The molecule has 2 rings (SSSR count). The van der Waals surface area contributed by atoms with Crippen LogP contribution in [0.2, 0.25) is 10.0 Å². The summed E-state index contributed by atoms with van der Waals surface area (Å²) in [7, 11) is -2.64. The van der Waals surface area contributed by atoms with Gasteiger partial charge in [0.05, 0.1) is 24.4 Å². The molecular formula is C16H14Cl2FNO3S. The van der Waals surface area contributed by atoms with Crippen LogP contribution < -0.4 is 9.04 Å². The maximum atomic E-state index is 13.1. The fourth-order valence-corrected chi connectivity index (χ4v) is 4.31. The first kappa shape index (κ1) is 18.6. The highest BCUT2D eigenvalue weighted by molar-refractivity contribution is 7.93. The van der Waals surface area contributed by atoms with Crippen LogP contribution >= 0.6 is 23.2 Å². The molecule has 0 heterocycles. The number of methoxy groups -OCH3 is 1. The number of anilines is 1. The molecule has 128 valence electrons. The minimum absolute atomic E-state index is 0.00194. The van der Waals surface area contributed by atoms with Crippen molar-refractivity contribution in [2.24, 2.45) is 0 Å². The van der Waals surface area contributed by atoms with Crippen molar-refractivity contribution in [3.8, 4) is 5.75 Å². The van der Waals surface area contributed by atoms with Crippen molar-refractivity contribution >= 4 is 38.9 Å². The smallest absolute Gasteiger partial charge is 0.266 e. The van der Waals surface area contributed by atoms with Crippen molar-refractivity contribution in [1.82, 2.24) is 0 Å². The van der Waals surface area contributed by atoms with Crippen LogP contribution in [-0.4, -0.2) is 22.1 Å². The third kappa shape index (κ3) is 3.50. The normalized spacial score (nSPS) is 11.2. The third-order valence-electron chi connectivity index (χ3n) is 3.21. The van der Waals surface area contributed by atoms with Gasteiger partial charge >= 0.3 is 0 Å². The zero-order valence-corrected chi connectivity index (χ0v) is 15.0. The molecule has 2 aromatic carbocycles. The van der Waals surface area contributed by atoms with Crippen LogP contribution in [0, 0.1) is 5.82 Å². The molecule has 24 heavy (non-hydrogen) atoms. The summed E-state index contributed by atoms with van der Waals surface area (Å²) < 4.78 is 45.2. The van der Waals surface area contributed by atoms with Crippen LogP contribution in [0.4, 0.5) is 10.1 Å². The van der Waals surface area contributed by atoms with Gasteiger partial charge in [-0.1, -0.05) is 29.3 Å². The van der Waals surface area contributed by atoms with E-state index in [9.17, 15) is 12.8 Å². The molecule has 0 radical (unpaired) electrons. The van der Waals surface area contributed by atoms with Crippen molar-refractivity contribution in [1.29, 1.82) is 0 Å². The minimum Gasteiger partial charge on any atom is -0.495 e. The highest BCUT2D eigenvalue weighted by atomic mass is 35.5. The van der Waals surface area contributed by atoms with E-state index < -0.39 is 15.8 Å². The van der Waals surface area contributed by atoms with Crippen molar-refractivity contribution < 1.29 is 17.5 Å². The summed E-state index contributed by atoms with van der Waals surface area (Å²) in [6.07, 6.45) is 1.42. The van der Waals surface area contributed by atoms with Gasteiger partial charge in [0.1, 0.15) is 21.5 Å². The second-order valence-corrected chi connectivity index (χ2v) is 7.28. The van der Waals surface area contributed by atoms with Gasteiger partial charge in [-0.2, -0.15) is 0 Å². The molecule has 8 heteroatoms. The highest BCUT2D eigenvalue weighted by Crippen LogP contribution is 2.38. The summed E-state index contributed by atoms with van der Waals surface area (Å²) >= 11 is 12.2. The fourth-order valence-electron chi connectivity index (χ4n) is 2.06. The SMILES string of the molecule is C=CCN(c1ccc(F)cc1)S(=O)(=O)c1ccc(OC)c(Cl)c1Cl. The molecule has 2 aromatic rings. The Labute approximate surface area is 150 Å². The predicted molar refractivity (Wildman–Crippen MR) is 94.1 cm³/mol. The van der Waals surface area contributed by atoms with Gasteiger partial charge in [-0.3, -0.25) is 4.31 Å². The lowest BCUT2D eigenvalue weighted by molar-refractivity contribution is 0.414. The van der Waals surface area contributed by atoms with E-state index in [0.29, 0.717) is 0 Å². The molecule has 0 bridgehead atoms. The number of hydrogen-bond acceptors (Lipinski definition) is 3. The van der Waals surface area contributed by atoms with Crippen molar-refractivity contribution in [3.05, 3.63) is 64.9 Å². The van der Waals surface area contributed by atoms with Crippen molar-refractivity contribution in [2.75, 3.05) is 18.0 Å². The topological polar surface area (TPSA) is 46.6 Å². The number of benzene rings is 2. The number of halogens is 3. The molecule has 0 unspecified atom stereocenters. The lowest BCUT2D eigenvalue weighted by Crippen LogP contribution is -2.31. The molecule has 4 nitrogen and oxygen atoms in total. The standard InChI is InChI=1S/C16H14Cl2FNO3S/c1-3-10-20(12-6-4-11(19)5-7-12)24(21,22)14-9-8-13(23-2)15(17)16(14)18/h3-9H,1,10H2,2H3. The van der Waals surface area contributed by atoms with Gasteiger partial charge in [-0.15, -0.1) is 6.58 Å². The maximum absolute atomic E-state index is 13.1. The average Bonchev–Trinajstić information content (AvgIpc) is 2.55. The summed E-state index contributed by atoms with van der Waals surface area (Å²) in [4.78, 5) is -0.179. The van der Waals surface area contributed by atoms with Crippen LogP contribution in [0.1, 0.15) is 0 Å². The summed E-state index contributed by atoms with van der Waals surface area (Å²) in [5, 5.41) is -0.148. The molecule has 0 fully saturated rings. The number of sulfonamides is 1. The fraction of sp³-hybridized carbons (Fsp3) is 0.125. The van der Waals surface area contributed by atoms with Gasteiger partial charge in [0.2, 0.25) is 0 Å². The largest absolute Gasteiger partial charge is 0.495 e. The number of nitrogens with zero attached hydrogens (tertiary/aromatic N) is 1. The summed E-state index contributed by atoms with van der Waals surface area (Å²) in [5.41, 5.74) is 0.277. The van der Waals surface area contributed by atoms with Crippen LogP contribution in [0.25, 0.3) is 0 Å². The third-order valence-corrected chi connectivity index (χ3v) is 6.02. The summed E-state index contributed by atoms with van der Waals surface area (Å²) in [5.74, 6) is -0.210. The second-order valence-electron chi connectivity index (χ2n) is 4.70. The Balaban J connectivity index is 2.59. The minimum atomic E-state index is -4.04. The van der Waals surface area contributed by atoms with Crippen molar-refractivity contribution in [2.45, 2.75) is 4.90 Å². The van der Waals surface area contributed by atoms with Crippen LogP contribution in [0.5, 0.6) is 5.75 Å². The van der Waals surface area contributed by atoms with Gasteiger partial charge in [0.25, 0.3) is 10.0 Å². The molecular weight excluding hydrogens is 376 g/mol. The first-order valence-electron chi connectivity index (χ1n) is 6.74. The van der Waals surface area contributed by atoms with Gasteiger partial charge < -0.3 is 4.74 Å². The summed E-state index contributed by atoms with van der Waals surface area (Å²) in [6, 6.07) is 7.78. The van der Waals surface area contributed by atoms with Crippen LogP contribution in [0.15, 0.2) is 53.9 Å². The average molecular weight is 390 g/mol. The first-order chi connectivity index (χ1) is 11.3. The monoisotopic (exact) mass is 389 g/mol. The quantitative estimate of drug-likeness (QED) is 0.682. The molecule has 0 aliphatic heterocycles. The Kier molecular flexibility index (Phi) is 5.74. The zero-order chi connectivity index (χ0) is 17.9. The molecule has 0 aliphatic carbocycles. The second kappa shape index (κ2) is 7.42. The molecule has 0 aliphatic rings. The molecule has 0 spiro atoms. The number of rotatable bonds is 6. The zero-order valence-electron chi connectivity index (χ0n) is 12.7. The molecule has 0 amide bonds. The molecule has 0 aromatic heterocycles. The van der Waals surface area contributed by atoms with Gasteiger partial charge in [-0.25, -0.2) is 12.8 Å². The van der Waals surface area contributed by atoms with Crippen molar-refractivity contribution in [3.63, 3.8) is 0 Å². The van der Waals surface area contributed by atoms with Gasteiger partial charge in [0.15, 0.2) is 0 Å². The van der Waals surface area contributed by atoms with E-state index in [1.54, 1.807) is 0 Å². The first-order valence-corrected chi connectivity index (χ1v) is 8.93. The molecule has 0 atom stereocenters. The van der Waals surface area contributed by atoms with E-state index in [0.717, 1.165) is 4.31 Å². The van der Waals surface area contributed by atoms with E-state index in [2.05, 4.69) is 6.58 Å². The molecule has 0 saturated carbocycles. The van der Waals surface area contributed by atoms with Crippen LogP contribution in [0.3, 0.4) is 0 Å². The Morgan fingerprint density at radius 1 is 1.17 bits per heavy atom. The Morgan fingerprint density at radius 2 is 1.79 bits per heavy atom. The molecule has 0 saturated heterocycles. The number of hydrogen-bond donors (Lipinski definition) is 0. The van der Waals surface area contributed by atoms with E-state index in [4.69, 9.17) is 27.9 Å². The van der Waals surface area contributed by atoms with Gasteiger partial charge in [-0.05, 0) is 36.4 Å². The predicted octanol–water partition coefficient (Wildman–Crippen LogP) is 4.52. The lowest BCUT2D eigenvalue weighted by Gasteiger charge is -2.24. The highest BCUT2D eigenvalue weighted by Gasteiger charge is 2.28. The maximum Gasteiger partial charge on any atom is 0.266 e. The number of ether oxygens (including phenoxy) is 1. The lowest BCUT2D eigenvalue weighted by atomic mass is 10.3.